The van der Waals surface area contributed by atoms with Crippen molar-refractivity contribution in [2.75, 3.05) is 54.0 Å². The smallest absolute Gasteiger partial charge is 0.345 e. The minimum absolute atomic E-state index is 0.0182. The molecule has 0 spiro atoms. The first-order valence-electron chi connectivity index (χ1n) is 11.1. The van der Waals surface area contributed by atoms with Crippen LogP contribution in [-0.2, 0) is 18.6 Å². The average molecular weight is 450 g/mol. The molecule has 1 rings (SSSR count). The summed E-state index contributed by atoms with van der Waals surface area (Å²) in [5.74, 6) is 0.0805. The van der Waals surface area contributed by atoms with Crippen LogP contribution in [0.4, 0.5) is 0 Å². The molecule has 1 saturated heterocycles. The molecular weight excluding hydrogens is 405 g/mol. The first-order chi connectivity index (χ1) is 13.9. The number of piperazine rings is 1. The number of ether oxygens (including phenoxy) is 1. The maximum Gasteiger partial charge on any atom is 0.345 e. The van der Waals surface area contributed by atoms with Crippen molar-refractivity contribution in [3.63, 3.8) is 0 Å². The third-order valence-electron chi connectivity index (χ3n) is 6.09. The molecule has 1 aliphatic heterocycles. The number of hydrogen-bond acceptors (Lipinski definition) is 5. The molecule has 1 heterocycles. The molecule has 0 radical (unpaired) electrons. The van der Waals surface area contributed by atoms with E-state index in [1.807, 2.05) is 16.5 Å². The predicted octanol–water partition coefficient (Wildman–Crippen LogP) is 3.21. The normalized spacial score (nSPS) is 21.3. The Morgan fingerprint density at radius 3 is 2.13 bits per heavy atom. The molecule has 0 bridgehead atoms. The number of aliphatic hydroxyl groups is 1. The molecule has 0 aromatic rings. The van der Waals surface area contributed by atoms with Crippen LogP contribution in [0, 0.1) is 5.92 Å². The monoisotopic (exact) mass is 449 g/mol. The fourth-order valence-corrected chi connectivity index (χ4v) is 5.83. The second-order valence-corrected chi connectivity index (χ2v) is 11.9. The number of carbonyl (C=O) groups excluding carboxylic acids is 1. The highest BCUT2D eigenvalue weighted by Crippen LogP contribution is 2.52. The fraction of sp³-hybridized carbons (Fsp3) is 0.952. The van der Waals surface area contributed by atoms with Crippen LogP contribution in [0.25, 0.3) is 0 Å². The van der Waals surface area contributed by atoms with E-state index in [0.717, 1.165) is 19.3 Å². The van der Waals surface area contributed by atoms with Crippen LogP contribution in [0.3, 0.4) is 0 Å². The van der Waals surface area contributed by atoms with Crippen LogP contribution in [0.1, 0.15) is 60.3 Å². The Hall–Kier alpha value is -0.500. The van der Waals surface area contributed by atoms with E-state index in [4.69, 9.17) is 9.26 Å². The van der Waals surface area contributed by atoms with E-state index in [1.165, 1.54) is 7.11 Å². The van der Waals surface area contributed by atoms with Crippen LogP contribution in [-0.4, -0.2) is 90.4 Å². The number of hydrogen-bond donors (Lipinski definition) is 1. The van der Waals surface area contributed by atoms with Gasteiger partial charge in [0.25, 0.3) is 5.91 Å². The zero-order valence-electron chi connectivity index (χ0n) is 20.3. The lowest BCUT2D eigenvalue weighted by molar-refractivity contribution is -0.168. The van der Waals surface area contributed by atoms with Crippen LogP contribution in [0.15, 0.2) is 0 Å². The minimum atomic E-state index is -3.05. The summed E-state index contributed by atoms with van der Waals surface area (Å²) in [6, 6.07) is 0. The molecule has 1 aliphatic rings. The summed E-state index contributed by atoms with van der Waals surface area (Å²) >= 11 is 0. The molecule has 1 fully saturated rings. The molecule has 0 aromatic carbocycles. The second kappa shape index (κ2) is 11.4. The number of rotatable bonds is 12. The van der Waals surface area contributed by atoms with Gasteiger partial charge in [-0.15, -0.1) is 0 Å². The van der Waals surface area contributed by atoms with Crippen LogP contribution in [0.2, 0.25) is 0 Å². The lowest BCUT2D eigenvalue weighted by Crippen LogP contribution is -2.58. The van der Waals surface area contributed by atoms with E-state index in [-0.39, 0.29) is 11.8 Å². The molecule has 1 amide bonds. The highest BCUT2D eigenvalue weighted by Gasteiger charge is 2.45. The topological polar surface area (TPSA) is 82.6 Å². The van der Waals surface area contributed by atoms with Crippen molar-refractivity contribution < 1.29 is 23.7 Å². The van der Waals surface area contributed by atoms with Crippen molar-refractivity contribution in [1.82, 2.24) is 14.2 Å². The molecule has 8 nitrogen and oxygen atoms in total. The van der Waals surface area contributed by atoms with Crippen LogP contribution >= 0.6 is 7.67 Å². The number of nitrogens with zero attached hydrogens (tertiary/aromatic N) is 3. The van der Waals surface area contributed by atoms with Gasteiger partial charge in [-0.05, 0) is 53.6 Å². The molecule has 9 heteroatoms. The summed E-state index contributed by atoms with van der Waals surface area (Å²) in [6.45, 7) is 11.9. The van der Waals surface area contributed by atoms with Gasteiger partial charge in [-0.1, -0.05) is 26.7 Å². The second-order valence-electron chi connectivity index (χ2n) is 9.18. The third kappa shape index (κ3) is 6.75. The van der Waals surface area contributed by atoms with E-state index in [2.05, 4.69) is 13.8 Å². The highest BCUT2D eigenvalue weighted by atomic mass is 31.2. The number of carbonyl (C=O) groups is 1. The Morgan fingerprint density at radius 2 is 1.73 bits per heavy atom. The third-order valence-corrected chi connectivity index (χ3v) is 8.69. The van der Waals surface area contributed by atoms with E-state index < -0.39 is 18.9 Å². The van der Waals surface area contributed by atoms with E-state index in [9.17, 15) is 14.5 Å². The van der Waals surface area contributed by atoms with E-state index in [0.29, 0.717) is 39.2 Å². The molecule has 1 N–H and O–H groups in total. The molecule has 178 valence electrons. The van der Waals surface area contributed by atoms with Gasteiger partial charge in [0, 0.05) is 33.3 Å². The van der Waals surface area contributed by atoms with Gasteiger partial charge < -0.3 is 19.3 Å². The van der Waals surface area contributed by atoms with Crippen molar-refractivity contribution in [1.29, 1.82) is 0 Å². The van der Waals surface area contributed by atoms with Crippen molar-refractivity contribution >= 4 is 13.6 Å². The summed E-state index contributed by atoms with van der Waals surface area (Å²) in [5, 5.41) is 10.1. The molecular formula is C21H44N3O5P. The fourth-order valence-electron chi connectivity index (χ4n) is 4.08. The van der Waals surface area contributed by atoms with Gasteiger partial charge in [-0.3, -0.25) is 9.36 Å². The largest absolute Gasteiger partial charge is 0.390 e. The average Bonchev–Trinajstić information content (AvgIpc) is 2.69. The molecule has 3 atom stereocenters. The Kier molecular flexibility index (Phi) is 10.5. The Balaban J connectivity index is 2.95. The summed E-state index contributed by atoms with van der Waals surface area (Å²) in [4.78, 5) is 15.4. The zero-order valence-corrected chi connectivity index (χ0v) is 21.2. The van der Waals surface area contributed by atoms with Crippen LogP contribution < -0.4 is 0 Å². The van der Waals surface area contributed by atoms with Gasteiger partial charge >= 0.3 is 7.67 Å². The first kappa shape index (κ1) is 27.5. The maximum absolute atomic E-state index is 13.6. The van der Waals surface area contributed by atoms with Crippen molar-refractivity contribution in [3.05, 3.63) is 0 Å². The lowest BCUT2D eigenvalue weighted by atomic mass is 9.82. The minimum Gasteiger partial charge on any atom is -0.390 e. The molecule has 3 unspecified atom stereocenters. The molecule has 0 saturated carbocycles. The molecule has 30 heavy (non-hydrogen) atoms. The van der Waals surface area contributed by atoms with Crippen molar-refractivity contribution in [2.45, 2.75) is 71.5 Å². The first-order valence-corrected chi connectivity index (χ1v) is 12.6. The SMILES string of the molecule is CCCC(CC)C(C)(OCCC(C)(C)O)C(=O)N1CCN(P(=O)(OC)N(C)C)CC1. The van der Waals surface area contributed by atoms with Gasteiger partial charge in [-0.2, -0.15) is 0 Å². The standard InChI is InChI=1S/C21H44N3O5P/c1-9-11-18(10-2)21(5,29-17-12-20(3,4)26)19(25)23-13-15-24(16-14-23)30(27,28-8)22(6)7/h18,26H,9-17H2,1-8H3. The molecule has 0 aromatic heterocycles. The Labute approximate surface area is 183 Å². The van der Waals surface area contributed by atoms with Crippen molar-refractivity contribution in [3.8, 4) is 0 Å². The lowest BCUT2D eigenvalue weighted by Gasteiger charge is -2.44. The van der Waals surface area contributed by atoms with Crippen molar-refractivity contribution in [2.24, 2.45) is 5.92 Å². The maximum atomic E-state index is 13.6. The summed E-state index contributed by atoms with van der Waals surface area (Å²) in [5.41, 5.74) is -1.78. The van der Waals surface area contributed by atoms with E-state index >= 15 is 0 Å². The zero-order chi connectivity index (χ0) is 23.2. The van der Waals surface area contributed by atoms with Gasteiger partial charge in [-0.25, -0.2) is 9.34 Å². The Morgan fingerprint density at radius 1 is 1.17 bits per heavy atom. The molecule has 0 aliphatic carbocycles. The summed E-state index contributed by atoms with van der Waals surface area (Å²) in [6.07, 6.45) is 3.19. The van der Waals surface area contributed by atoms with Gasteiger partial charge in [0.2, 0.25) is 0 Å². The van der Waals surface area contributed by atoms with Gasteiger partial charge in [0.1, 0.15) is 5.60 Å². The predicted molar refractivity (Wildman–Crippen MR) is 120 cm³/mol. The highest BCUT2D eigenvalue weighted by molar-refractivity contribution is 7.53. The Bertz CT molecular complexity index is 588. The quantitative estimate of drug-likeness (QED) is 0.458. The summed E-state index contributed by atoms with van der Waals surface area (Å²) in [7, 11) is 1.90. The summed E-state index contributed by atoms with van der Waals surface area (Å²) < 4.78 is 28.1. The van der Waals surface area contributed by atoms with Gasteiger partial charge in [0.15, 0.2) is 0 Å². The van der Waals surface area contributed by atoms with E-state index in [1.54, 1.807) is 32.6 Å². The van der Waals surface area contributed by atoms with Crippen LogP contribution in [0.5, 0.6) is 0 Å². The van der Waals surface area contributed by atoms with Gasteiger partial charge in [0.05, 0.1) is 12.2 Å². The number of amides is 1.